The van der Waals surface area contributed by atoms with Crippen molar-refractivity contribution >= 4 is 41.3 Å². The second-order valence-corrected chi connectivity index (χ2v) is 6.98. The molecular weight excluding hydrogens is 497 g/mol. The zero-order valence-electron chi connectivity index (χ0n) is 17.2. The maximum absolute atomic E-state index is 10.9. The van der Waals surface area contributed by atoms with Crippen molar-refractivity contribution in [2.45, 2.75) is 25.4 Å². The van der Waals surface area contributed by atoms with Crippen molar-refractivity contribution in [2.24, 2.45) is 4.99 Å². The highest BCUT2D eigenvalue weighted by Gasteiger charge is 2.21. The van der Waals surface area contributed by atoms with E-state index in [-0.39, 0.29) is 40.6 Å². The average Bonchev–Trinajstić information content (AvgIpc) is 2.77. The van der Waals surface area contributed by atoms with E-state index in [0.29, 0.717) is 12.5 Å². The highest BCUT2D eigenvalue weighted by atomic mass is 127. The fraction of sp³-hybridized carbons (Fsp3) is 0.381. The van der Waals surface area contributed by atoms with Gasteiger partial charge in [0.05, 0.1) is 12.0 Å². The lowest BCUT2D eigenvalue weighted by molar-refractivity contribution is -0.384. The van der Waals surface area contributed by atoms with Crippen LogP contribution in [-0.2, 0) is 6.54 Å². The average molecular weight is 525 g/mol. The summed E-state index contributed by atoms with van der Waals surface area (Å²) < 4.78 is 5.34. The number of nitrogens with one attached hydrogen (secondary N) is 2. The Hall–Kier alpha value is -2.56. The number of nitro benzene ring substituents is 1. The van der Waals surface area contributed by atoms with Crippen LogP contribution in [0.2, 0.25) is 0 Å². The van der Waals surface area contributed by atoms with Gasteiger partial charge in [-0.3, -0.25) is 15.1 Å². The fourth-order valence-corrected chi connectivity index (χ4v) is 3.49. The molecule has 0 radical (unpaired) electrons. The number of piperidine rings is 1. The van der Waals surface area contributed by atoms with Gasteiger partial charge in [0.2, 0.25) is 0 Å². The molecule has 0 bridgehead atoms. The van der Waals surface area contributed by atoms with E-state index in [1.807, 2.05) is 18.2 Å². The van der Waals surface area contributed by atoms with Crippen molar-refractivity contribution < 1.29 is 9.66 Å². The number of guanidine groups is 1. The number of rotatable bonds is 6. The maximum atomic E-state index is 10.9. The van der Waals surface area contributed by atoms with Crippen LogP contribution in [0.4, 0.5) is 11.4 Å². The minimum Gasteiger partial charge on any atom is -0.497 e. The van der Waals surface area contributed by atoms with Crippen LogP contribution < -0.4 is 20.3 Å². The number of hydrogen-bond donors (Lipinski definition) is 2. The maximum Gasteiger partial charge on any atom is 0.269 e. The van der Waals surface area contributed by atoms with E-state index in [4.69, 9.17) is 4.74 Å². The zero-order valence-corrected chi connectivity index (χ0v) is 19.5. The number of methoxy groups -OCH3 is 1. The Morgan fingerprint density at radius 3 is 2.83 bits per heavy atom. The molecule has 1 heterocycles. The molecule has 0 aromatic heterocycles. The molecule has 0 amide bonds. The van der Waals surface area contributed by atoms with Gasteiger partial charge in [0, 0.05) is 56.6 Å². The molecule has 2 aromatic rings. The van der Waals surface area contributed by atoms with E-state index < -0.39 is 0 Å². The molecular formula is C21H28IN5O3. The number of aliphatic imine (C=N–C) groups is 1. The van der Waals surface area contributed by atoms with Gasteiger partial charge in [-0.1, -0.05) is 18.2 Å². The first-order chi connectivity index (χ1) is 14.1. The molecule has 162 valence electrons. The summed E-state index contributed by atoms with van der Waals surface area (Å²) in [6.07, 6.45) is 2.13. The van der Waals surface area contributed by atoms with Crippen molar-refractivity contribution in [3.05, 3.63) is 64.2 Å². The molecule has 1 aliphatic heterocycles. The predicted octanol–water partition coefficient (Wildman–Crippen LogP) is 3.56. The third-order valence-electron chi connectivity index (χ3n) is 4.99. The van der Waals surface area contributed by atoms with Crippen LogP contribution in [0.25, 0.3) is 0 Å². The van der Waals surface area contributed by atoms with Gasteiger partial charge in [0.25, 0.3) is 5.69 Å². The van der Waals surface area contributed by atoms with E-state index in [9.17, 15) is 10.1 Å². The minimum absolute atomic E-state index is 0. The summed E-state index contributed by atoms with van der Waals surface area (Å²) in [6.45, 7) is 2.34. The Bertz CT molecular complexity index is 877. The molecule has 1 saturated heterocycles. The summed E-state index contributed by atoms with van der Waals surface area (Å²) in [6, 6.07) is 15.0. The molecule has 30 heavy (non-hydrogen) atoms. The molecule has 2 N–H and O–H groups in total. The van der Waals surface area contributed by atoms with Crippen LogP contribution in [0.5, 0.6) is 5.75 Å². The van der Waals surface area contributed by atoms with Gasteiger partial charge in [-0.05, 0) is 30.5 Å². The smallest absolute Gasteiger partial charge is 0.269 e. The topological polar surface area (TPSA) is 92.0 Å². The lowest BCUT2D eigenvalue weighted by atomic mass is 10.0. The van der Waals surface area contributed by atoms with Crippen molar-refractivity contribution in [1.29, 1.82) is 0 Å². The standard InChI is InChI=1S/C21H27N5O3.HI/c1-22-21(23-14-16-6-3-9-19(12-16)26(27)28)24-17-7-5-11-25(15-17)18-8-4-10-20(13-18)29-2;/h3-4,6,8-10,12-13,17H,5,7,11,14-15H2,1-2H3,(H2,22,23,24);1H. The van der Waals surface area contributed by atoms with Crippen molar-refractivity contribution in [1.82, 2.24) is 10.6 Å². The quantitative estimate of drug-likeness (QED) is 0.197. The third kappa shape index (κ3) is 6.48. The Balaban J connectivity index is 0.00000320. The number of nitro groups is 1. The predicted molar refractivity (Wildman–Crippen MR) is 130 cm³/mol. The van der Waals surface area contributed by atoms with Crippen LogP contribution >= 0.6 is 24.0 Å². The Kier molecular flexibility index (Phi) is 9.15. The number of anilines is 1. The third-order valence-corrected chi connectivity index (χ3v) is 4.99. The first-order valence-electron chi connectivity index (χ1n) is 9.68. The van der Waals surface area contributed by atoms with Gasteiger partial charge in [0.1, 0.15) is 5.75 Å². The van der Waals surface area contributed by atoms with Crippen LogP contribution in [0.1, 0.15) is 18.4 Å². The molecule has 2 aromatic carbocycles. The van der Waals surface area contributed by atoms with Crippen LogP contribution in [0.3, 0.4) is 0 Å². The highest BCUT2D eigenvalue weighted by molar-refractivity contribution is 14.0. The van der Waals surface area contributed by atoms with Gasteiger partial charge in [-0.25, -0.2) is 0 Å². The van der Waals surface area contributed by atoms with Crippen LogP contribution in [0, 0.1) is 10.1 Å². The number of nitrogens with zero attached hydrogens (tertiary/aromatic N) is 3. The van der Waals surface area contributed by atoms with Crippen molar-refractivity contribution in [3.8, 4) is 5.75 Å². The summed E-state index contributed by atoms with van der Waals surface area (Å²) >= 11 is 0. The van der Waals surface area contributed by atoms with E-state index in [1.165, 1.54) is 6.07 Å². The molecule has 1 atom stereocenters. The fourth-order valence-electron chi connectivity index (χ4n) is 3.49. The van der Waals surface area contributed by atoms with Crippen molar-refractivity contribution in [2.75, 3.05) is 32.1 Å². The lowest BCUT2D eigenvalue weighted by Gasteiger charge is -2.35. The number of benzene rings is 2. The second kappa shape index (κ2) is 11.6. The molecule has 9 heteroatoms. The molecule has 0 aliphatic carbocycles. The Labute approximate surface area is 193 Å². The SMILES string of the molecule is CN=C(NCc1cccc([N+](=O)[O-])c1)NC1CCCN(c2cccc(OC)c2)C1.I. The van der Waals surface area contributed by atoms with Gasteiger partial charge in [-0.15, -0.1) is 24.0 Å². The second-order valence-electron chi connectivity index (χ2n) is 6.98. The number of non-ortho nitro benzene ring substituents is 1. The monoisotopic (exact) mass is 525 g/mol. The van der Waals surface area contributed by atoms with E-state index in [1.54, 1.807) is 26.3 Å². The molecule has 1 aliphatic rings. The lowest BCUT2D eigenvalue weighted by Crippen LogP contribution is -2.51. The van der Waals surface area contributed by atoms with E-state index >= 15 is 0 Å². The van der Waals surface area contributed by atoms with Crippen LogP contribution in [-0.4, -0.2) is 44.2 Å². The first kappa shape index (κ1) is 23.7. The van der Waals surface area contributed by atoms with E-state index in [2.05, 4.69) is 32.7 Å². The normalized spacial score (nSPS) is 16.4. The number of hydrogen-bond acceptors (Lipinski definition) is 5. The van der Waals surface area contributed by atoms with Gasteiger partial charge >= 0.3 is 0 Å². The van der Waals surface area contributed by atoms with Crippen molar-refractivity contribution in [3.63, 3.8) is 0 Å². The van der Waals surface area contributed by atoms with E-state index in [0.717, 1.165) is 42.9 Å². The van der Waals surface area contributed by atoms with Gasteiger partial charge in [0.15, 0.2) is 5.96 Å². The Morgan fingerprint density at radius 1 is 1.30 bits per heavy atom. The molecule has 8 nitrogen and oxygen atoms in total. The van der Waals surface area contributed by atoms with Gasteiger partial charge < -0.3 is 20.3 Å². The summed E-state index contributed by atoms with van der Waals surface area (Å²) in [4.78, 5) is 17.2. The summed E-state index contributed by atoms with van der Waals surface area (Å²) in [5.41, 5.74) is 2.08. The molecule has 3 rings (SSSR count). The molecule has 0 saturated carbocycles. The van der Waals surface area contributed by atoms with Crippen LogP contribution in [0.15, 0.2) is 53.5 Å². The highest BCUT2D eigenvalue weighted by Crippen LogP contribution is 2.24. The largest absolute Gasteiger partial charge is 0.497 e. The molecule has 1 fully saturated rings. The molecule has 1 unspecified atom stereocenters. The summed E-state index contributed by atoms with van der Waals surface area (Å²) in [5.74, 6) is 1.54. The minimum atomic E-state index is -0.383. The molecule has 0 spiro atoms. The summed E-state index contributed by atoms with van der Waals surface area (Å²) in [5, 5.41) is 17.7. The number of ether oxygens (including phenoxy) is 1. The van der Waals surface area contributed by atoms with Gasteiger partial charge in [-0.2, -0.15) is 0 Å². The zero-order chi connectivity index (χ0) is 20.6. The number of halogens is 1. The summed E-state index contributed by atoms with van der Waals surface area (Å²) in [7, 11) is 3.40. The first-order valence-corrected chi connectivity index (χ1v) is 9.68. The Morgan fingerprint density at radius 2 is 2.10 bits per heavy atom.